The largest absolute Gasteiger partial charge is 0.293 e. The number of carbonyl (C=O) groups excluding carboxylic acids is 1. The normalized spacial score (nSPS) is 11.4. The molecule has 0 saturated heterocycles. The van der Waals surface area contributed by atoms with E-state index in [1.807, 2.05) is 20.8 Å². The van der Waals surface area contributed by atoms with E-state index in [0.29, 0.717) is 11.5 Å². The lowest BCUT2D eigenvalue weighted by molar-refractivity contribution is 0.101. The first-order valence-corrected chi connectivity index (χ1v) is 4.26. The van der Waals surface area contributed by atoms with Crippen molar-refractivity contribution in [2.45, 2.75) is 33.1 Å². The quantitative estimate of drug-likeness (QED) is 0.617. The average molecular weight is 178 g/mol. The second kappa shape index (κ2) is 3.24. The van der Waals surface area contributed by atoms with Gasteiger partial charge in [0.1, 0.15) is 11.5 Å². The van der Waals surface area contributed by atoms with Crippen molar-refractivity contribution in [3.8, 4) is 0 Å². The van der Waals surface area contributed by atoms with Crippen molar-refractivity contribution in [2.75, 3.05) is 0 Å². The zero-order valence-electron chi connectivity index (χ0n) is 8.46. The molecule has 0 N–H and O–H groups in total. The molecule has 0 fully saturated rings. The van der Waals surface area contributed by atoms with Gasteiger partial charge in [-0.2, -0.15) is 0 Å². The van der Waals surface area contributed by atoms with Gasteiger partial charge in [-0.1, -0.05) is 20.8 Å². The number of aromatic nitrogens is 2. The summed E-state index contributed by atoms with van der Waals surface area (Å²) < 4.78 is 0. The van der Waals surface area contributed by atoms with Crippen LogP contribution in [0.3, 0.4) is 0 Å². The summed E-state index contributed by atoms with van der Waals surface area (Å²) in [5.41, 5.74) is 0.380. The SMILES string of the molecule is CC(=O)c1ccnc(C(C)(C)C)n1. The minimum absolute atomic E-state index is 0.0205. The van der Waals surface area contributed by atoms with Gasteiger partial charge in [0.15, 0.2) is 5.78 Å². The Morgan fingerprint density at radius 1 is 1.38 bits per heavy atom. The van der Waals surface area contributed by atoms with E-state index in [-0.39, 0.29) is 11.2 Å². The monoisotopic (exact) mass is 178 g/mol. The van der Waals surface area contributed by atoms with Gasteiger partial charge in [-0.25, -0.2) is 9.97 Å². The molecule has 1 aromatic rings. The van der Waals surface area contributed by atoms with Crippen LogP contribution >= 0.6 is 0 Å². The van der Waals surface area contributed by atoms with Gasteiger partial charge in [0.25, 0.3) is 0 Å². The van der Waals surface area contributed by atoms with E-state index < -0.39 is 0 Å². The smallest absolute Gasteiger partial charge is 0.178 e. The van der Waals surface area contributed by atoms with Crippen molar-refractivity contribution in [1.29, 1.82) is 0 Å². The molecule has 0 radical (unpaired) electrons. The van der Waals surface area contributed by atoms with Gasteiger partial charge in [0.2, 0.25) is 0 Å². The van der Waals surface area contributed by atoms with E-state index >= 15 is 0 Å². The summed E-state index contributed by atoms with van der Waals surface area (Å²) in [6.07, 6.45) is 1.63. The molecule has 0 aliphatic carbocycles. The van der Waals surface area contributed by atoms with Crippen molar-refractivity contribution in [1.82, 2.24) is 9.97 Å². The summed E-state index contributed by atoms with van der Waals surface area (Å²) in [7, 11) is 0. The van der Waals surface area contributed by atoms with Gasteiger partial charge in [-0.15, -0.1) is 0 Å². The fourth-order valence-electron chi connectivity index (χ4n) is 0.916. The summed E-state index contributed by atoms with van der Waals surface area (Å²) in [5, 5.41) is 0. The number of nitrogens with zero attached hydrogens (tertiary/aromatic N) is 2. The Morgan fingerprint density at radius 2 is 2.00 bits per heavy atom. The van der Waals surface area contributed by atoms with Crippen LogP contribution in [-0.4, -0.2) is 15.8 Å². The lowest BCUT2D eigenvalue weighted by atomic mass is 9.95. The topological polar surface area (TPSA) is 42.9 Å². The minimum atomic E-state index is -0.106. The molecule has 0 aliphatic heterocycles. The molecular formula is C10H14N2O. The molecule has 0 saturated carbocycles. The fraction of sp³-hybridized carbons (Fsp3) is 0.500. The number of hydrogen-bond acceptors (Lipinski definition) is 3. The van der Waals surface area contributed by atoms with Crippen molar-refractivity contribution in [3.05, 3.63) is 23.8 Å². The van der Waals surface area contributed by atoms with Crippen LogP contribution in [0.4, 0.5) is 0 Å². The average Bonchev–Trinajstić information content (AvgIpc) is 2.03. The molecule has 0 aliphatic rings. The van der Waals surface area contributed by atoms with Crippen LogP contribution in [0.5, 0.6) is 0 Å². The number of ketones is 1. The van der Waals surface area contributed by atoms with Gasteiger partial charge >= 0.3 is 0 Å². The predicted molar refractivity (Wildman–Crippen MR) is 50.7 cm³/mol. The third kappa shape index (κ3) is 2.34. The second-order valence-corrected chi connectivity index (χ2v) is 4.07. The summed E-state index contributed by atoms with van der Waals surface area (Å²) >= 11 is 0. The zero-order chi connectivity index (χ0) is 10.1. The number of carbonyl (C=O) groups is 1. The number of Topliss-reactive ketones (excluding diaryl/α,β-unsaturated/α-hetero) is 1. The van der Waals surface area contributed by atoms with E-state index in [4.69, 9.17) is 0 Å². The maximum Gasteiger partial charge on any atom is 0.178 e. The van der Waals surface area contributed by atoms with E-state index in [2.05, 4.69) is 9.97 Å². The molecule has 3 heteroatoms. The second-order valence-electron chi connectivity index (χ2n) is 4.07. The van der Waals surface area contributed by atoms with Crippen LogP contribution < -0.4 is 0 Å². The molecule has 0 amide bonds. The summed E-state index contributed by atoms with van der Waals surface area (Å²) in [4.78, 5) is 19.3. The Morgan fingerprint density at radius 3 is 2.46 bits per heavy atom. The number of rotatable bonds is 1. The first kappa shape index (κ1) is 9.84. The molecule has 13 heavy (non-hydrogen) atoms. The molecular weight excluding hydrogens is 164 g/mol. The van der Waals surface area contributed by atoms with Gasteiger partial charge < -0.3 is 0 Å². The molecule has 0 aromatic carbocycles. The zero-order valence-corrected chi connectivity index (χ0v) is 8.46. The Balaban J connectivity index is 3.13. The highest BCUT2D eigenvalue weighted by Crippen LogP contribution is 2.17. The third-order valence-corrected chi connectivity index (χ3v) is 1.69. The molecule has 1 heterocycles. The lowest BCUT2D eigenvalue weighted by Crippen LogP contribution is -2.17. The van der Waals surface area contributed by atoms with Crippen LogP contribution in [0.2, 0.25) is 0 Å². The van der Waals surface area contributed by atoms with Crippen LogP contribution in [0.15, 0.2) is 12.3 Å². The van der Waals surface area contributed by atoms with E-state index in [0.717, 1.165) is 0 Å². The summed E-state index contributed by atoms with van der Waals surface area (Å²) in [6.45, 7) is 7.57. The van der Waals surface area contributed by atoms with Gasteiger partial charge in [-0.05, 0) is 6.07 Å². The molecule has 1 rings (SSSR count). The highest BCUT2D eigenvalue weighted by molar-refractivity contribution is 5.91. The maximum atomic E-state index is 11.0. The predicted octanol–water partition coefficient (Wildman–Crippen LogP) is 1.98. The number of hydrogen-bond donors (Lipinski definition) is 0. The molecule has 0 spiro atoms. The molecule has 1 aromatic heterocycles. The van der Waals surface area contributed by atoms with Crippen LogP contribution in [0.25, 0.3) is 0 Å². The minimum Gasteiger partial charge on any atom is -0.293 e. The Kier molecular flexibility index (Phi) is 2.45. The van der Waals surface area contributed by atoms with Gasteiger partial charge in [0.05, 0.1) is 0 Å². The van der Waals surface area contributed by atoms with Crippen LogP contribution in [0, 0.1) is 0 Å². The molecule has 0 bridgehead atoms. The first-order valence-electron chi connectivity index (χ1n) is 4.26. The van der Waals surface area contributed by atoms with Gasteiger partial charge in [-0.3, -0.25) is 4.79 Å². The summed E-state index contributed by atoms with van der Waals surface area (Å²) in [5.74, 6) is 0.688. The van der Waals surface area contributed by atoms with Crippen LogP contribution in [-0.2, 0) is 5.41 Å². The molecule has 3 nitrogen and oxygen atoms in total. The Bertz CT molecular complexity index is 326. The molecule has 70 valence electrons. The maximum absolute atomic E-state index is 11.0. The fourth-order valence-corrected chi connectivity index (χ4v) is 0.916. The highest BCUT2D eigenvalue weighted by Gasteiger charge is 2.17. The highest BCUT2D eigenvalue weighted by atomic mass is 16.1. The Hall–Kier alpha value is -1.25. The van der Waals surface area contributed by atoms with Gasteiger partial charge in [0, 0.05) is 18.5 Å². The first-order chi connectivity index (χ1) is 5.91. The van der Waals surface area contributed by atoms with Crippen molar-refractivity contribution in [2.24, 2.45) is 0 Å². The molecule has 0 atom stereocenters. The molecule has 0 unspecified atom stereocenters. The standard InChI is InChI=1S/C10H14N2O/c1-7(13)8-5-6-11-9(12-8)10(2,3)4/h5-6H,1-4H3. The summed E-state index contributed by atoms with van der Waals surface area (Å²) in [6, 6.07) is 1.64. The Labute approximate surface area is 78.2 Å². The van der Waals surface area contributed by atoms with Crippen molar-refractivity contribution in [3.63, 3.8) is 0 Å². The van der Waals surface area contributed by atoms with E-state index in [1.54, 1.807) is 12.3 Å². The van der Waals surface area contributed by atoms with Crippen LogP contribution in [0.1, 0.15) is 44.0 Å². The van der Waals surface area contributed by atoms with Crippen molar-refractivity contribution >= 4 is 5.78 Å². The van der Waals surface area contributed by atoms with E-state index in [9.17, 15) is 4.79 Å². The van der Waals surface area contributed by atoms with Crippen molar-refractivity contribution < 1.29 is 4.79 Å². The lowest BCUT2D eigenvalue weighted by Gasteiger charge is -2.16. The third-order valence-electron chi connectivity index (χ3n) is 1.69. The van der Waals surface area contributed by atoms with E-state index in [1.165, 1.54) is 6.92 Å².